The van der Waals surface area contributed by atoms with Gasteiger partial charge >= 0.3 is 0 Å². The fourth-order valence-corrected chi connectivity index (χ4v) is 2.88. The third kappa shape index (κ3) is 3.77. The highest BCUT2D eigenvalue weighted by Crippen LogP contribution is 2.25. The molecule has 0 aliphatic rings. The quantitative estimate of drug-likeness (QED) is 0.653. The van der Waals surface area contributed by atoms with Crippen LogP contribution in [-0.2, 0) is 5.75 Å². The van der Waals surface area contributed by atoms with Crippen LogP contribution in [0.15, 0.2) is 41.6 Å². The van der Waals surface area contributed by atoms with Crippen LogP contribution in [0, 0.1) is 6.92 Å². The molecule has 0 fully saturated rings. The topological polar surface area (TPSA) is 42.7 Å². The molecule has 0 saturated carbocycles. The van der Waals surface area contributed by atoms with Crippen molar-refractivity contribution in [2.45, 2.75) is 24.8 Å². The van der Waals surface area contributed by atoms with Crippen LogP contribution in [0.2, 0.25) is 5.02 Å². The molecule has 0 aliphatic carbocycles. The Labute approximate surface area is 128 Å². The highest BCUT2D eigenvalue weighted by Gasteiger charge is 2.09. The number of hydrogen-bond acceptors (Lipinski definition) is 4. The Morgan fingerprint density at radius 3 is 2.90 bits per heavy atom. The maximum Gasteiger partial charge on any atom is 0.210 e. The molecule has 0 atom stereocenters. The van der Waals surface area contributed by atoms with Crippen molar-refractivity contribution in [2.24, 2.45) is 0 Å². The van der Waals surface area contributed by atoms with Gasteiger partial charge in [-0.25, -0.2) is 4.68 Å². The lowest BCUT2D eigenvalue weighted by Crippen LogP contribution is -2.17. The van der Waals surface area contributed by atoms with Crippen molar-refractivity contribution in [3.63, 3.8) is 0 Å². The molecule has 1 aromatic carbocycles. The van der Waals surface area contributed by atoms with E-state index in [4.69, 9.17) is 11.6 Å². The summed E-state index contributed by atoms with van der Waals surface area (Å²) in [4.78, 5) is 0. The van der Waals surface area contributed by atoms with Crippen molar-refractivity contribution in [1.82, 2.24) is 14.9 Å². The summed E-state index contributed by atoms with van der Waals surface area (Å²) < 4.78 is 1.90. The van der Waals surface area contributed by atoms with Crippen molar-refractivity contribution < 1.29 is 0 Å². The predicted octanol–water partition coefficient (Wildman–Crippen LogP) is 3.65. The molecule has 1 aromatic heterocycles. The number of nitrogens with one attached hydrogen (secondary N) is 1. The van der Waals surface area contributed by atoms with Crippen LogP contribution in [0.5, 0.6) is 0 Å². The Kier molecular flexibility index (Phi) is 5.49. The SMILES string of the molecule is C/C=C/CNn1c(C)nnc1SCc1ccccc1Cl. The van der Waals surface area contributed by atoms with Gasteiger partial charge in [0.15, 0.2) is 0 Å². The van der Waals surface area contributed by atoms with E-state index in [9.17, 15) is 0 Å². The Morgan fingerprint density at radius 2 is 2.15 bits per heavy atom. The summed E-state index contributed by atoms with van der Waals surface area (Å²) in [6.07, 6.45) is 4.05. The minimum absolute atomic E-state index is 0.745. The van der Waals surface area contributed by atoms with E-state index in [-0.39, 0.29) is 0 Å². The van der Waals surface area contributed by atoms with Crippen LogP contribution < -0.4 is 5.43 Å². The Bertz CT molecular complexity index is 595. The normalized spacial score (nSPS) is 11.2. The number of allylic oxidation sites excluding steroid dienone is 1. The number of halogens is 1. The number of aromatic nitrogens is 3. The van der Waals surface area contributed by atoms with Gasteiger partial charge in [-0.15, -0.1) is 10.2 Å². The van der Waals surface area contributed by atoms with Crippen molar-refractivity contribution in [2.75, 3.05) is 12.0 Å². The van der Waals surface area contributed by atoms with Crippen LogP contribution in [0.3, 0.4) is 0 Å². The molecule has 1 heterocycles. The molecular formula is C14H17ClN4S. The van der Waals surface area contributed by atoms with Crippen molar-refractivity contribution in [3.8, 4) is 0 Å². The van der Waals surface area contributed by atoms with E-state index < -0.39 is 0 Å². The zero-order chi connectivity index (χ0) is 14.4. The van der Waals surface area contributed by atoms with Gasteiger partial charge in [0.1, 0.15) is 5.82 Å². The maximum atomic E-state index is 6.16. The molecule has 4 nitrogen and oxygen atoms in total. The second-order valence-corrected chi connectivity index (χ2v) is 5.53. The second-order valence-electron chi connectivity index (χ2n) is 4.18. The molecule has 0 unspecified atom stereocenters. The van der Waals surface area contributed by atoms with Gasteiger partial charge in [0.05, 0.1) is 0 Å². The van der Waals surface area contributed by atoms with E-state index in [1.165, 1.54) is 0 Å². The van der Waals surface area contributed by atoms with Crippen LogP contribution in [0.4, 0.5) is 0 Å². The lowest BCUT2D eigenvalue weighted by atomic mass is 10.2. The molecule has 0 amide bonds. The summed E-state index contributed by atoms with van der Waals surface area (Å²) >= 11 is 7.77. The Balaban J connectivity index is 2.04. The summed E-state index contributed by atoms with van der Waals surface area (Å²) in [6.45, 7) is 4.66. The average Bonchev–Trinajstić information content (AvgIpc) is 2.79. The summed E-state index contributed by atoms with van der Waals surface area (Å²) in [5, 5.41) is 9.91. The molecule has 0 saturated heterocycles. The fourth-order valence-electron chi connectivity index (χ4n) is 1.64. The third-order valence-electron chi connectivity index (χ3n) is 2.71. The highest BCUT2D eigenvalue weighted by molar-refractivity contribution is 7.98. The monoisotopic (exact) mass is 308 g/mol. The predicted molar refractivity (Wildman–Crippen MR) is 84.8 cm³/mol. The summed E-state index contributed by atoms with van der Waals surface area (Å²) in [5.74, 6) is 1.61. The standard InChI is InChI=1S/C14H17ClN4S/c1-3-4-9-16-19-11(2)17-18-14(19)20-10-12-7-5-6-8-13(12)15/h3-8,16H,9-10H2,1-2H3/b4-3+. The molecule has 6 heteroatoms. The lowest BCUT2D eigenvalue weighted by molar-refractivity contribution is 0.759. The average molecular weight is 309 g/mol. The smallest absolute Gasteiger partial charge is 0.210 e. The van der Waals surface area contributed by atoms with E-state index in [0.717, 1.165) is 33.9 Å². The number of rotatable bonds is 6. The van der Waals surface area contributed by atoms with Gasteiger partial charge < -0.3 is 5.43 Å². The van der Waals surface area contributed by atoms with E-state index in [0.29, 0.717) is 0 Å². The Hall–Kier alpha value is -1.46. The third-order valence-corrected chi connectivity index (χ3v) is 4.06. The lowest BCUT2D eigenvalue weighted by Gasteiger charge is -2.09. The van der Waals surface area contributed by atoms with E-state index >= 15 is 0 Å². The van der Waals surface area contributed by atoms with Crippen molar-refractivity contribution >= 4 is 23.4 Å². The first-order chi connectivity index (χ1) is 9.72. The molecule has 2 aromatic rings. The molecule has 20 heavy (non-hydrogen) atoms. The van der Waals surface area contributed by atoms with Gasteiger partial charge in [-0.2, -0.15) is 0 Å². The molecule has 1 N–H and O–H groups in total. The van der Waals surface area contributed by atoms with Crippen molar-refractivity contribution in [1.29, 1.82) is 0 Å². The first kappa shape index (κ1) is 14.9. The van der Waals surface area contributed by atoms with Crippen LogP contribution in [0.25, 0.3) is 0 Å². The molecule has 0 aliphatic heterocycles. The minimum atomic E-state index is 0.745. The van der Waals surface area contributed by atoms with E-state index in [1.54, 1.807) is 11.8 Å². The van der Waals surface area contributed by atoms with Gasteiger partial charge in [-0.05, 0) is 25.5 Å². The first-order valence-corrected chi connectivity index (χ1v) is 7.72. The molecule has 0 spiro atoms. The van der Waals surface area contributed by atoms with Gasteiger partial charge in [-0.3, -0.25) is 0 Å². The molecular weight excluding hydrogens is 292 g/mol. The summed E-state index contributed by atoms with van der Waals surface area (Å²) in [6, 6.07) is 7.84. The molecule has 0 bridgehead atoms. The second kappa shape index (κ2) is 7.36. The summed E-state index contributed by atoms with van der Waals surface area (Å²) in [5.41, 5.74) is 4.36. The van der Waals surface area contributed by atoms with Gasteiger partial charge in [-0.1, -0.05) is 53.7 Å². The van der Waals surface area contributed by atoms with Gasteiger partial charge in [0.2, 0.25) is 5.16 Å². The minimum Gasteiger partial charge on any atom is -0.318 e. The van der Waals surface area contributed by atoms with Gasteiger partial charge in [0.25, 0.3) is 0 Å². The molecule has 106 valence electrons. The van der Waals surface area contributed by atoms with Crippen LogP contribution >= 0.6 is 23.4 Å². The number of nitrogens with zero attached hydrogens (tertiary/aromatic N) is 3. The maximum absolute atomic E-state index is 6.16. The van der Waals surface area contributed by atoms with Crippen LogP contribution in [-0.4, -0.2) is 21.4 Å². The Morgan fingerprint density at radius 1 is 1.35 bits per heavy atom. The fraction of sp³-hybridized carbons (Fsp3) is 0.286. The molecule has 2 rings (SSSR count). The first-order valence-electron chi connectivity index (χ1n) is 6.35. The number of benzene rings is 1. The van der Waals surface area contributed by atoms with E-state index in [1.807, 2.05) is 54.9 Å². The number of hydrogen-bond donors (Lipinski definition) is 1. The highest BCUT2D eigenvalue weighted by atomic mass is 35.5. The molecule has 0 radical (unpaired) electrons. The largest absolute Gasteiger partial charge is 0.318 e. The zero-order valence-electron chi connectivity index (χ0n) is 11.5. The zero-order valence-corrected chi connectivity index (χ0v) is 13.1. The number of thioether (sulfide) groups is 1. The number of aryl methyl sites for hydroxylation is 1. The van der Waals surface area contributed by atoms with E-state index in [2.05, 4.69) is 15.6 Å². The van der Waals surface area contributed by atoms with Gasteiger partial charge in [0, 0.05) is 17.3 Å². The van der Waals surface area contributed by atoms with Crippen molar-refractivity contribution in [3.05, 3.63) is 52.8 Å². The summed E-state index contributed by atoms with van der Waals surface area (Å²) in [7, 11) is 0. The van der Waals surface area contributed by atoms with Crippen LogP contribution in [0.1, 0.15) is 18.3 Å².